The van der Waals surface area contributed by atoms with Gasteiger partial charge in [-0.2, -0.15) is 0 Å². The number of fused-ring (bicyclic) bond motifs is 1. The summed E-state index contributed by atoms with van der Waals surface area (Å²) in [4.78, 5) is 75.0. The SMILES string of the molecule is CC[C@@H]1OC(=O)[C@H](C)[C@@H](OC(=O)N2C(=O)OC[C@@H]2C)[C@H](C)[C@@H](O[C@@H]2O[C@H](C)C[C@H](N(C)C(C)C)[C@H]2O)[C@@](C)(OC)C[C@@H](C)C(=O)[C@@H](C)[C@H]2N(CCc3ccc(Cl)c(Cl)c3)C(=O)O[C@]12C. The van der Waals surface area contributed by atoms with E-state index in [1.807, 2.05) is 27.8 Å². The third kappa shape index (κ3) is 10.5. The van der Waals surface area contributed by atoms with Crippen LogP contribution in [0.2, 0.25) is 10.0 Å². The summed E-state index contributed by atoms with van der Waals surface area (Å²) >= 11 is 12.5. The highest BCUT2D eigenvalue weighted by Gasteiger charge is 2.61. The number of hydrogen-bond acceptors (Lipinski definition) is 14. The molecule has 0 radical (unpaired) electrons. The van der Waals surface area contributed by atoms with E-state index >= 15 is 0 Å². The number of nitrogens with zero attached hydrogens (tertiary/aromatic N) is 3. The second-order valence-corrected chi connectivity index (χ2v) is 19.9. The highest BCUT2D eigenvalue weighted by Crippen LogP contribution is 2.44. The fourth-order valence-electron chi connectivity index (χ4n) is 10.2. The van der Waals surface area contributed by atoms with Crippen molar-refractivity contribution in [2.24, 2.45) is 23.7 Å². The van der Waals surface area contributed by atoms with Crippen molar-refractivity contribution in [1.29, 1.82) is 0 Å². The lowest BCUT2D eigenvalue weighted by atomic mass is 9.73. The normalized spacial score (nSPS) is 37.9. The Morgan fingerprint density at radius 1 is 1.02 bits per heavy atom. The number of carbonyl (C=O) groups is 5. The van der Waals surface area contributed by atoms with Crippen molar-refractivity contribution in [3.05, 3.63) is 33.8 Å². The minimum absolute atomic E-state index is 0.0447. The fraction of sp³-hybridized carbons (Fsp3) is 0.761. The number of Topliss-reactive ketones (excluding diaryl/α,β-unsaturated/α-hetero) is 1. The van der Waals surface area contributed by atoms with Crippen LogP contribution in [0.15, 0.2) is 18.2 Å². The number of esters is 1. The van der Waals surface area contributed by atoms with Crippen LogP contribution < -0.4 is 0 Å². The van der Waals surface area contributed by atoms with Gasteiger partial charge in [-0.3, -0.25) is 19.4 Å². The van der Waals surface area contributed by atoms with Crippen molar-refractivity contribution in [2.75, 3.05) is 27.3 Å². The molecule has 0 aromatic heterocycles. The second kappa shape index (κ2) is 20.7. The van der Waals surface area contributed by atoms with Gasteiger partial charge >= 0.3 is 24.2 Å². The van der Waals surface area contributed by atoms with E-state index in [0.717, 1.165) is 10.5 Å². The van der Waals surface area contributed by atoms with E-state index < -0.39 is 102 Å². The zero-order valence-electron chi connectivity index (χ0n) is 39.5. The van der Waals surface area contributed by atoms with E-state index in [-0.39, 0.29) is 50.0 Å². The summed E-state index contributed by atoms with van der Waals surface area (Å²) in [5, 5.41) is 12.7. The first-order valence-corrected chi connectivity index (χ1v) is 23.3. The molecule has 4 saturated heterocycles. The number of rotatable bonds is 10. The molecule has 1 aromatic rings. The number of benzene rings is 1. The van der Waals surface area contributed by atoms with Crippen molar-refractivity contribution in [2.45, 2.75) is 174 Å². The number of ether oxygens (including phenoxy) is 7. The summed E-state index contributed by atoms with van der Waals surface area (Å²) in [7, 11) is 3.39. The number of aliphatic hydroxyl groups excluding tert-OH is 1. The number of imide groups is 1. The standard InChI is InChI=1S/C46H69Cl2N3O13/c1-14-34-46(11)38(50(42(55)64-46)18-17-30-15-16-31(47)32(48)20-30)27(7)35(52)24(4)21-45(10,58-13)39(63-41-36(53)33(19-26(6)60-41)49(12)23(2)3)28(8)37(29(9)40(54)61-34)62-44(57)51-25(5)22-59-43(51)56/h15-16,20,23-29,33-34,36-39,41,53H,14,17-19,21-22H2,1-13H3/t24-,25+,26-,27-,28+,29-,33+,34+,36-,37+,38-,39-,41+,45+,46-/m1/s1. The summed E-state index contributed by atoms with van der Waals surface area (Å²) < 4.78 is 43.4. The lowest BCUT2D eigenvalue weighted by Gasteiger charge is -2.49. The Morgan fingerprint density at radius 3 is 2.27 bits per heavy atom. The third-order valence-corrected chi connectivity index (χ3v) is 14.9. The number of ketones is 1. The summed E-state index contributed by atoms with van der Waals surface area (Å²) in [5.41, 5.74) is -2.11. The molecule has 4 heterocycles. The van der Waals surface area contributed by atoms with Gasteiger partial charge in [-0.05, 0) is 98.9 Å². The largest absolute Gasteiger partial charge is 0.458 e. The van der Waals surface area contributed by atoms with Crippen LogP contribution in [0.1, 0.15) is 101 Å². The van der Waals surface area contributed by atoms with Crippen molar-refractivity contribution in [1.82, 2.24) is 14.7 Å². The highest BCUT2D eigenvalue weighted by molar-refractivity contribution is 6.42. The van der Waals surface area contributed by atoms with Crippen LogP contribution in [0.5, 0.6) is 0 Å². The lowest BCUT2D eigenvalue weighted by molar-refractivity contribution is -0.302. The number of cyclic esters (lactones) is 2. The van der Waals surface area contributed by atoms with Gasteiger partial charge < -0.3 is 38.3 Å². The number of carbonyl (C=O) groups excluding carboxylic acids is 5. The topological polar surface area (TPSA) is 180 Å². The molecule has 0 saturated carbocycles. The van der Waals surface area contributed by atoms with E-state index in [1.165, 1.54) is 12.0 Å². The second-order valence-electron chi connectivity index (χ2n) is 19.1. The van der Waals surface area contributed by atoms with Gasteiger partial charge in [0.25, 0.3) is 0 Å². The maximum Gasteiger partial charge on any atom is 0.419 e. The van der Waals surface area contributed by atoms with Gasteiger partial charge in [0.05, 0.1) is 45.9 Å². The quantitative estimate of drug-likeness (QED) is 0.182. The molecule has 0 unspecified atom stereocenters. The lowest BCUT2D eigenvalue weighted by Crippen LogP contribution is -2.61. The summed E-state index contributed by atoms with van der Waals surface area (Å²) in [6, 6.07) is 3.33. The molecule has 1 aromatic carbocycles. The Morgan fingerprint density at radius 2 is 1.69 bits per heavy atom. The van der Waals surface area contributed by atoms with Crippen LogP contribution in [0, 0.1) is 23.7 Å². The Labute approximate surface area is 387 Å². The maximum absolute atomic E-state index is 15.0. The van der Waals surface area contributed by atoms with Gasteiger partial charge in [0.15, 0.2) is 11.9 Å². The van der Waals surface area contributed by atoms with E-state index in [9.17, 15) is 29.1 Å². The van der Waals surface area contributed by atoms with E-state index in [0.29, 0.717) is 22.9 Å². The van der Waals surface area contributed by atoms with Crippen LogP contribution in [0.4, 0.5) is 14.4 Å². The van der Waals surface area contributed by atoms with Gasteiger partial charge in [0.2, 0.25) is 0 Å². The van der Waals surface area contributed by atoms with E-state index in [1.54, 1.807) is 73.6 Å². The van der Waals surface area contributed by atoms with E-state index in [4.69, 9.17) is 56.4 Å². The molecule has 4 aliphatic rings. The molecule has 0 bridgehead atoms. The molecular weight excluding hydrogens is 873 g/mol. The number of hydrogen-bond donors (Lipinski definition) is 1. The van der Waals surface area contributed by atoms with Crippen LogP contribution in [-0.4, -0.2) is 149 Å². The zero-order chi connectivity index (χ0) is 47.7. The minimum Gasteiger partial charge on any atom is -0.458 e. The van der Waals surface area contributed by atoms with Gasteiger partial charge in [0, 0.05) is 43.5 Å². The summed E-state index contributed by atoms with van der Waals surface area (Å²) in [6.45, 7) is 19.6. The Bertz CT molecular complexity index is 1870. The molecular formula is C46H69Cl2N3O13. The number of amides is 3. The first-order valence-electron chi connectivity index (χ1n) is 22.5. The Kier molecular flexibility index (Phi) is 16.8. The molecule has 0 spiro atoms. The van der Waals surface area contributed by atoms with Gasteiger partial charge in [-0.1, -0.05) is 57.0 Å². The Hall–Kier alpha value is -3.25. The molecule has 16 nitrogen and oxygen atoms in total. The maximum atomic E-state index is 15.0. The van der Waals surface area contributed by atoms with Crippen LogP contribution in [-0.2, 0) is 49.2 Å². The van der Waals surface area contributed by atoms with Gasteiger partial charge in [-0.25, -0.2) is 19.3 Å². The summed E-state index contributed by atoms with van der Waals surface area (Å²) in [5.74, 6) is -4.79. The first kappa shape index (κ1) is 51.7. The van der Waals surface area contributed by atoms with Crippen LogP contribution in [0.25, 0.3) is 0 Å². The highest BCUT2D eigenvalue weighted by atomic mass is 35.5. The molecule has 4 fully saturated rings. The van der Waals surface area contributed by atoms with Crippen LogP contribution in [0.3, 0.4) is 0 Å². The summed E-state index contributed by atoms with van der Waals surface area (Å²) in [6.07, 6.45) is -7.83. The van der Waals surface area contributed by atoms with E-state index in [2.05, 4.69) is 4.90 Å². The Balaban J connectivity index is 1.63. The molecule has 1 N–H and O–H groups in total. The minimum atomic E-state index is -1.52. The fourth-order valence-corrected chi connectivity index (χ4v) is 10.5. The number of methoxy groups -OCH3 is 1. The smallest absolute Gasteiger partial charge is 0.419 e. The molecule has 64 heavy (non-hydrogen) atoms. The molecule has 0 aliphatic carbocycles. The monoisotopic (exact) mass is 941 g/mol. The average molecular weight is 943 g/mol. The van der Waals surface area contributed by atoms with Crippen molar-refractivity contribution < 1.29 is 62.2 Å². The molecule has 360 valence electrons. The number of aliphatic hydroxyl groups is 1. The van der Waals surface area contributed by atoms with Crippen molar-refractivity contribution >= 4 is 53.2 Å². The molecule has 18 heteroatoms. The first-order chi connectivity index (χ1) is 29.9. The molecule has 5 rings (SSSR count). The van der Waals surface area contributed by atoms with Crippen LogP contribution >= 0.6 is 23.2 Å². The van der Waals surface area contributed by atoms with Crippen molar-refractivity contribution in [3.63, 3.8) is 0 Å². The molecule has 15 atom stereocenters. The zero-order valence-corrected chi connectivity index (χ0v) is 41.0. The predicted octanol–water partition coefficient (Wildman–Crippen LogP) is 7.30. The predicted molar refractivity (Wildman–Crippen MR) is 237 cm³/mol. The molecule has 4 aliphatic heterocycles. The third-order valence-electron chi connectivity index (χ3n) is 14.2. The van der Waals surface area contributed by atoms with Crippen molar-refractivity contribution in [3.8, 4) is 0 Å². The molecule has 3 amide bonds. The van der Waals surface area contributed by atoms with Gasteiger partial charge in [0.1, 0.15) is 30.7 Å². The van der Waals surface area contributed by atoms with Gasteiger partial charge in [-0.15, -0.1) is 0 Å². The number of likely N-dealkylation sites (N-methyl/N-ethyl adjacent to an activating group) is 1. The number of halogens is 2. The average Bonchev–Trinajstić information content (AvgIpc) is 3.72.